The lowest BCUT2D eigenvalue weighted by molar-refractivity contribution is 0.0962. The van der Waals surface area contributed by atoms with Crippen LogP contribution in [0.3, 0.4) is 0 Å². The van der Waals surface area contributed by atoms with E-state index in [0.29, 0.717) is 17.7 Å². The van der Waals surface area contributed by atoms with Gasteiger partial charge in [-0.25, -0.2) is 4.79 Å². The highest BCUT2D eigenvalue weighted by atomic mass is 16.3. The van der Waals surface area contributed by atoms with Crippen molar-refractivity contribution in [2.75, 3.05) is 13.1 Å². The number of hydrogen-bond acceptors (Lipinski definition) is 6. The minimum Gasteiger partial charge on any atom is -0.508 e. The summed E-state index contributed by atoms with van der Waals surface area (Å²) in [7, 11) is 0. The van der Waals surface area contributed by atoms with Crippen LogP contribution in [0.2, 0.25) is 0 Å². The molecule has 1 aromatic heterocycles. The Morgan fingerprint density at radius 3 is 2.68 bits per heavy atom. The molecule has 3 aromatic rings. The molecule has 8 nitrogen and oxygen atoms in total. The minimum absolute atomic E-state index is 0.0392. The lowest BCUT2D eigenvalue weighted by Crippen LogP contribution is -2.49. The first-order valence-electron chi connectivity index (χ1n) is 10.2. The normalized spacial score (nSPS) is 15.0. The number of hydrogen-bond donors (Lipinski definition) is 4. The van der Waals surface area contributed by atoms with E-state index in [1.54, 1.807) is 36.5 Å². The molecule has 2 aromatic carbocycles. The highest BCUT2D eigenvalue weighted by Crippen LogP contribution is 2.24. The number of carbonyl (C=O) groups is 2. The molecule has 2 heterocycles. The summed E-state index contributed by atoms with van der Waals surface area (Å²) < 4.78 is 0. The van der Waals surface area contributed by atoms with Crippen LogP contribution in [0.25, 0.3) is 10.9 Å². The number of rotatable bonds is 4. The summed E-state index contributed by atoms with van der Waals surface area (Å²) in [5.41, 5.74) is 1.85. The lowest BCUT2D eigenvalue weighted by atomic mass is 10.0. The molecule has 0 bridgehead atoms. The van der Waals surface area contributed by atoms with Crippen molar-refractivity contribution < 1.29 is 19.8 Å². The Labute approximate surface area is 179 Å². The Morgan fingerprint density at radius 1 is 1.06 bits per heavy atom. The molecule has 8 heteroatoms. The average molecular weight is 420 g/mol. The molecule has 0 radical (unpaired) electrons. The molecule has 31 heavy (non-hydrogen) atoms. The molecule has 1 aliphatic rings. The fourth-order valence-electron chi connectivity index (χ4n) is 3.79. The predicted molar refractivity (Wildman–Crippen MR) is 116 cm³/mol. The number of amides is 3. The van der Waals surface area contributed by atoms with Gasteiger partial charge in [0.15, 0.2) is 0 Å². The maximum Gasteiger partial charge on any atom is 0.321 e. The van der Waals surface area contributed by atoms with Gasteiger partial charge in [-0.05, 0) is 55.3 Å². The number of nitrogens with one attached hydrogen (secondary N) is 2. The average Bonchev–Trinajstić information content (AvgIpc) is 2.77. The van der Waals surface area contributed by atoms with Crippen LogP contribution >= 0.6 is 0 Å². The van der Waals surface area contributed by atoms with Crippen LogP contribution in [-0.2, 0) is 6.54 Å². The summed E-state index contributed by atoms with van der Waals surface area (Å²) in [6.07, 6.45) is 3.14. The molecule has 1 aliphatic heterocycles. The van der Waals surface area contributed by atoms with Gasteiger partial charge in [0.2, 0.25) is 0 Å². The first-order chi connectivity index (χ1) is 15.0. The van der Waals surface area contributed by atoms with Crippen molar-refractivity contribution in [3.8, 4) is 11.5 Å². The molecule has 160 valence electrons. The largest absolute Gasteiger partial charge is 0.508 e. The Morgan fingerprint density at radius 2 is 1.87 bits per heavy atom. The maximum absolute atomic E-state index is 12.4. The van der Waals surface area contributed by atoms with E-state index in [0.717, 1.165) is 36.8 Å². The molecular formula is C23H24N4O4. The molecule has 0 atom stereocenters. The zero-order chi connectivity index (χ0) is 21.8. The van der Waals surface area contributed by atoms with Gasteiger partial charge < -0.3 is 15.5 Å². The number of imide groups is 1. The first kappa shape index (κ1) is 20.6. The second-order valence-corrected chi connectivity index (χ2v) is 7.70. The molecule has 0 aliphatic carbocycles. The van der Waals surface area contributed by atoms with E-state index >= 15 is 0 Å². The number of aromatic nitrogens is 1. The first-order valence-corrected chi connectivity index (χ1v) is 10.2. The number of benzene rings is 2. The summed E-state index contributed by atoms with van der Waals surface area (Å²) in [6, 6.07) is 12.7. The summed E-state index contributed by atoms with van der Waals surface area (Å²) in [6.45, 7) is 1.98. The monoisotopic (exact) mass is 420 g/mol. The number of aromatic hydroxyl groups is 2. The van der Waals surface area contributed by atoms with E-state index < -0.39 is 11.9 Å². The Balaban J connectivity index is 1.26. The van der Waals surface area contributed by atoms with Crippen molar-refractivity contribution in [2.45, 2.75) is 25.4 Å². The topological polar surface area (TPSA) is 115 Å². The van der Waals surface area contributed by atoms with Gasteiger partial charge in [-0.1, -0.05) is 6.07 Å². The van der Waals surface area contributed by atoms with E-state index in [9.17, 15) is 19.8 Å². The minimum atomic E-state index is -0.514. The van der Waals surface area contributed by atoms with Crippen molar-refractivity contribution in [3.63, 3.8) is 0 Å². The highest BCUT2D eigenvalue weighted by Gasteiger charge is 2.22. The number of nitrogens with zero attached hydrogens (tertiary/aromatic N) is 2. The Kier molecular flexibility index (Phi) is 5.99. The van der Waals surface area contributed by atoms with Crippen LogP contribution in [0.4, 0.5) is 4.79 Å². The summed E-state index contributed by atoms with van der Waals surface area (Å²) in [4.78, 5) is 31.1. The quantitative estimate of drug-likeness (QED) is 0.483. The van der Waals surface area contributed by atoms with Crippen LogP contribution in [-0.4, -0.2) is 51.2 Å². The van der Waals surface area contributed by atoms with Crippen LogP contribution in [0.15, 0.2) is 54.7 Å². The fourth-order valence-corrected chi connectivity index (χ4v) is 3.79. The molecule has 1 saturated heterocycles. The van der Waals surface area contributed by atoms with Crippen molar-refractivity contribution in [1.82, 2.24) is 20.5 Å². The fraction of sp³-hybridized carbons (Fsp3) is 0.261. The van der Waals surface area contributed by atoms with E-state index in [1.807, 2.05) is 6.07 Å². The third-order valence-electron chi connectivity index (χ3n) is 5.47. The second kappa shape index (κ2) is 9.01. The van der Waals surface area contributed by atoms with Crippen molar-refractivity contribution >= 4 is 22.8 Å². The summed E-state index contributed by atoms with van der Waals surface area (Å²) in [5, 5.41) is 25.6. The number of pyridine rings is 1. The highest BCUT2D eigenvalue weighted by molar-refractivity contribution is 6.05. The molecule has 4 rings (SSSR count). The Bertz CT molecular complexity index is 1110. The van der Waals surface area contributed by atoms with Crippen LogP contribution < -0.4 is 10.6 Å². The molecule has 0 unspecified atom stereocenters. The third kappa shape index (κ3) is 5.10. The molecule has 3 amide bonds. The van der Waals surface area contributed by atoms with Gasteiger partial charge in [0.05, 0.1) is 5.52 Å². The summed E-state index contributed by atoms with van der Waals surface area (Å²) >= 11 is 0. The number of likely N-dealkylation sites (tertiary alicyclic amines) is 1. The van der Waals surface area contributed by atoms with E-state index in [2.05, 4.69) is 20.5 Å². The standard InChI is InChI=1S/C23H24N4O4/c28-19-4-6-21(29)17(13-19)14-27-10-7-18(8-11-27)25-23(31)26-22(30)16-3-5-20-15(12-16)2-1-9-24-20/h1-6,9,12-13,18,28-29H,7-8,10-11,14H2,(H2,25,26,30,31). The van der Waals surface area contributed by atoms with Crippen molar-refractivity contribution in [1.29, 1.82) is 0 Å². The molecular weight excluding hydrogens is 396 g/mol. The van der Waals surface area contributed by atoms with E-state index in [-0.39, 0.29) is 17.5 Å². The number of piperidine rings is 1. The van der Waals surface area contributed by atoms with Gasteiger partial charge in [-0.2, -0.15) is 0 Å². The number of fused-ring (bicyclic) bond motifs is 1. The van der Waals surface area contributed by atoms with Crippen LogP contribution in [0.1, 0.15) is 28.8 Å². The van der Waals surface area contributed by atoms with Gasteiger partial charge >= 0.3 is 6.03 Å². The maximum atomic E-state index is 12.4. The lowest BCUT2D eigenvalue weighted by Gasteiger charge is -2.32. The van der Waals surface area contributed by atoms with Gasteiger partial charge in [-0.3, -0.25) is 20.0 Å². The number of phenols is 2. The van der Waals surface area contributed by atoms with Gasteiger partial charge in [0.25, 0.3) is 5.91 Å². The van der Waals surface area contributed by atoms with Crippen LogP contribution in [0.5, 0.6) is 11.5 Å². The van der Waals surface area contributed by atoms with Gasteiger partial charge in [-0.15, -0.1) is 0 Å². The van der Waals surface area contributed by atoms with Gasteiger partial charge in [0, 0.05) is 48.4 Å². The zero-order valence-corrected chi connectivity index (χ0v) is 16.9. The predicted octanol–water partition coefficient (Wildman–Crippen LogP) is 2.75. The zero-order valence-electron chi connectivity index (χ0n) is 16.9. The molecule has 4 N–H and O–H groups in total. The molecule has 1 fully saturated rings. The van der Waals surface area contributed by atoms with Gasteiger partial charge in [0.1, 0.15) is 11.5 Å². The Hall–Kier alpha value is -3.65. The number of phenolic OH excluding ortho intramolecular Hbond substituents is 2. The molecule has 0 spiro atoms. The van der Waals surface area contributed by atoms with Crippen molar-refractivity contribution in [2.24, 2.45) is 0 Å². The second-order valence-electron chi connectivity index (χ2n) is 7.70. The number of urea groups is 1. The van der Waals surface area contributed by atoms with E-state index in [4.69, 9.17) is 0 Å². The number of carbonyl (C=O) groups excluding carboxylic acids is 2. The SMILES string of the molecule is O=C(NC(=O)c1ccc2ncccc2c1)NC1CCN(Cc2cc(O)ccc2O)CC1. The third-order valence-corrected chi connectivity index (χ3v) is 5.47. The van der Waals surface area contributed by atoms with Crippen LogP contribution in [0, 0.1) is 0 Å². The molecule has 0 saturated carbocycles. The smallest absolute Gasteiger partial charge is 0.321 e. The van der Waals surface area contributed by atoms with E-state index in [1.165, 1.54) is 12.1 Å². The summed E-state index contributed by atoms with van der Waals surface area (Å²) in [5.74, 6) is -0.186. The van der Waals surface area contributed by atoms with Crippen molar-refractivity contribution in [3.05, 3.63) is 65.9 Å².